The number of esters is 3. The van der Waals surface area contributed by atoms with Gasteiger partial charge in [0.15, 0.2) is 5.60 Å². The minimum Gasteiger partial charge on any atom is -0.465 e. The second-order valence-electron chi connectivity index (χ2n) is 14.2. The molecule has 1 aromatic rings. The molecule has 4 aliphatic rings. The summed E-state index contributed by atoms with van der Waals surface area (Å²) in [7, 11) is 0. The highest BCUT2D eigenvalue weighted by Crippen LogP contribution is 2.65. The average Bonchev–Trinajstić information content (AvgIpc) is 3.76. The van der Waals surface area contributed by atoms with E-state index in [0.717, 1.165) is 18.4 Å². The zero-order valence-electron chi connectivity index (χ0n) is 27.5. The smallest absolute Gasteiger partial charge is 0.331 e. The topological polar surface area (TPSA) is 108 Å². The standard InChI is InChI=1S/C37H48O8/c1-7-12-28(38)42-22-25-21-37(44-30(40)17-16-24-14-10-9-11-15-24)31(32(25)43-29(39)13-8-2)34-36(6,45-34)19-18-26-27(35(26,4)5)20-23(3)33(37)41/h9-11,14-17,20,25-27,31-32,34H,7-8,12-13,18-19,21-22H2,1-6H3/b17-16+,23-20-/t25-,26+,27-,31-,32+,34-,36-,37-/m1/s1. The highest BCUT2D eigenvalue weighted by Gasteiger charge is 2.73. The van der Waals surface area contributed by atoms with Crippen LogP contribution in [0.5, 0.6) is 0 Å². The number of hydrogen-bond donors (Lipinski definition) is 0. The maximum atomic E-state index is 14.8. The molecule has 0 spiro atoms. The monoisotopic (exact) mass is 620 g/mol. The number of hydrogen-bond acceptors (Lipinski definition) is 8. The molecular formula is C37H48O8. The van der Waals surface area contributed by atoms with Crippen LogP contribution >= 0.6 is 0 Å². The van der Waals surface area contributed by atoms with Gasteiger partial charge >= 0.3 is 17.9 Å². The number of benzene rings is 1. The SMILES string of the molecule is CCCC(=O)OC[C@H]1C[C@]2(OC(=O)/C=C/c3ccccc3)C(=O)/C(C)=C\[C@@H]3[C@H](CC[C@@]4(C)O[C@@H]4[C@H]2[C@H]1OC(=O)CCC)C3(C)C. The summed E-state index contributed by atoms with van der Waals surface area (Å²) in [6, 6.07) is 9.37. The number of carbonyl (C=O) groups excluding carboxylic acids is 4. The highest BCUT2D eigenvalue weighted by molar-refractivity contribution is 6.04. The molecule has 0 radical (unpaired) electrons. The predicted molar refractivity (Wildman–Crippen MR) is 169 cm³/mol. The van der Waals surface area contributed by atoms with Gasteiger partial charge in [0.05, 0.1) is 24.2 Å². The van der Waals surface area contributed by atoms with E-state index in [1.807, 2.05) is 57.2 Å². The minimum atomic E-state index is -1.68. The van der Waals surface area contributed by atoms with E-state index in [1.165, 1.54) is 6.08 Å². The molecule has 1 aliphatic heterocycles. The number of ether oxygens (including phenoxy) is 4. The van der Waals surface area contributed by atoms with Gasteiger partial charge in [0.2, 0.25) is 5.78 Å². The number of allylic oxidation sites excluding steroid dienone is 1. The van der Waals surface area contributed by atoms with E-state index in [-0.39, 0.29) is 49.0 Å². The Morgan fingerprint density at radius 3 is 2.40 bits per heavy atom. The van der Waals surface area contributed by atoms with Crippen LogP contribution in [-0.2, 0) is 38.1 Å². The van der Waals surface area contributed by atoms with Crippen molar-refractivity contribution in [2.45, 2.75) is 110 Å². The first-order valence-electron chi connectivity index (χ1n) is 16.6. The van der Waals surface area contributed by atoms with Crippen LogP contribution in [0, 0.1) is 29.1 Å². The molecule has 0 bridgehead atoms. The zero-order chi connectivity index (χ0) is 32.6. The number of Topliss-reactive ketones (excluding diaryl/α,β-unsaturated/α-hetero) is 1. The van der Waals surface area contributed by atoms with E-state index < -0.39 is 47.2 Å². The maximum Gasteiger partial charge on any atom is 0.331 e. The van der Waals surface area contributed by atoms with Gasteiger partial charge in [0, 0.05) is 31.3 Å². The van der Waals surface area contributed by atoms with Crippen molar-refractivity contribution in [1.82, 2.24) is 0 Å². The van der Waals surface area contributed by atoms with Crippen molar-refractivity contribution in [3.05, 3.63) is 53.6 Å². The Hall–Kier alpha value is -3.26. The lowest BCUT2D eigenvalue weighted by Gasteiger charge is -2.35. The first-order chi connectivity index (χ1) is 21.4. The fraction of sp³-hybridized carbons (Fsp3) is 0.622. The van der Waals surface area contributed by atoms with Crippen LogP contribution in [0.2, 0.25) is 0 Å². The molecule has 8 heteroatoms. The molecule has 244 valence electrons. The Kier molecular flexibility index (Phi) is 9.46. The summed E-state index contributed by atoms with van der Waals surface area (Å²) in [6.45, 7) is 12.0. The van der Waals surface area contributed by atoms with Gasteiger partial charge < -0.3 is 18.9 Å². The zero-order valence-corrected chi connectivity index (χ0v) is 27.5. The summed E-state index contributed by atoms with van der Waals surface area (Å²) in [5.41, 5.74) is -0.877. The molecule has 2 saturated carbocycles. The summed E-state index contributed by atoms with van der Waals surface area (Å²) in [6.07, 6.45) is 7.11. The summed E-state index contributed by atoms with van der Waals surface area (Å²) in [5, 5.41) is 0. The number of carbonyl (C=O) groups is 4. The summed E-state index contributed by atoms with van der Waals surface area (Å²) in [5.74, 6) is -2.46. The number of ketones is 1. The fourth-order valence-electron chi connectivity index (χ4n) is 7.87. The van der Waals surface area contributed by atoms with Crippen LogP contribution in [0.15, 0.2) is 48.1 Å². The van der Waals surface area contributed by atoms with Crippen LogP contribution in [-0.4, -0.2) is 53.7 Å². The number of epoxide rings is 1. The van der Waals surface area contributed by atoms with Gasteiger partial charge in [-0.3, -0.25) is 14.4 Å². The Bertz CT molecular complexity index is 1360. The number of rotatable bonds is 10. The average molecular weight is 621 g/mol. The lowest BCUT2D eigenvalue weighted by Crippen LogP contribution is -2.52. The van der Waals surface area contributed by atoms with Gasteiger partial charge in [-0.25, -0.2) is 4.79 Å². The van der Waals surface area contributed by atoms with E-state index in [2.05, 4.69) is 13.8 Å². The third-order valence-electron chi connectivity index (χ3n) is 10.6. The molecule has 8 atom stereocenters. The predicted octanol–water partition coefficient (Wildman–Crippen LogP) is 6.41. The van der Waals surface area contributed by atoms with E-state index in [4.69, 9.17) is 18.9 Å². The molecule has 0 N–H and O–H groups in total. The van der Waals surface area contributed by atoms with Crippen molar-refractivity contribution >= 4 is 29.8 Å². The lowest BCUT2D eigenvalue weighted by atomic mass is 9.77. The van der Waals surface area contributed by atoms with Crippen molar-refractivity contribution in [2.75, 3.05) is 6.61 Å². The van der Waals surface area contributed by atoms with E-state index >= 15 is 0 Å². The van der Waals surface area contributed by atoms with E-state index in [0.29, 0.717) is 24.3 Å². The quantitative estimate of drug-likeness (QED) is 0.128. The second-order valence-corrected chi connectivity index (χ2v) is 14.2. The van der Waals surface area contributed by atoms with E-state index in [9.17, 15) is 19.2 Å². The maximum absolute atomic E-state index is 14.8. The molecule has 45 heavy (non-hydrogen) atoms. The first-order valence-corrected chi connectivity index (χ1v) is 16.6. The van der Waals surface area contributed by atoms with Crippen molar-refractivity contribution in [3.8, 4) is 0 Å². The van der Waals surface area contributed by atoms with Gasteiger partial charge in [0.1, 0.15) is 6.10 Å². The van der Waals surface area contributed by atoms with Gasteiger partial charge in [-0.15, -0.1) is 0 Å². The third-order valence-corrected chi connectivity index (χ3v) is 10.6. The Balaban J connectivity index is 1.59. The van der Waals surface area contributed by atoms with Crippen molar-refractivity contribution in [1.29, 1.82) is 0 Å². The molecule has 1 heterocycles. The molecule has 5 rings (SSSR count). The summed E-state index contributed by atoms with van der Waals surface area (Å²) in [4.78, 5) is 54.0. The molecule has 8 nitrogen and oxygen atoms in total. The molecule has 0 aromatic heterocycles. The van der Waals surface area contributed by atoms with Crippen LogP contribution in [0.25, 0.3) is 6.08 Å². The molecule has 0 unspecified atom stereocenters. The van der Waals surface area contributed by atoms with Gasteiger partial charge in [-0.1, -0.05) is 64.1 Å². The van der Waals surface area contributed by atoms with Gasteiger partial charge in [0.25, 0.3) is 0 Å². The fourth-order valence-corrected chi connectivity index (χ4v) is 7.87. The summed E-state index contributed by atoms with van der Waals surface area (Å²) >= 11 is 0. The molecular weight excluding hydrogens is 572 g/mol. The largest absolute Gasteiger partial charge is 0.465 e. The molecule has 0 amide bonds. The third kappa shape index (κ3) is 6.67. The van der Waals surface area contributed by atoms with Crippen LogP contribution in [0.1, 0.15) is 92.1 Å². The lowest BCUT2D eigenvalue weighted by molar-refractivity contribution is -0.172. The molecule has 1 saturated heterocycles. The Morgan fingerprint density at radius 2 is 1.71 bits per heavy atom. The second kappa shape index (κ2) is 12.9. The Labute approximate surface area is 266 Å². The van der Waals surface area contributed by atoms with Crippen LogP contribution in [0.4, 0.5) is 0 Å². The normalized spacial score (nSPS) is 36.0. The number of fused-ring (bicyclic) bond motifs is 4. The van der Waals surface area contributed by atoms with Gasteiger partial charge in [-0.2, -0.15) is 0 Å². The van der Waals surface area contributed by atoms with Crippen LogP contribution < -0.4 is 0 Å². The molecule has 3 aliphatic carbocycles. The minimum absolute atomic E-state index is 0.0451. The summed E-state index contributed by atoms with van der Waals surface area (Å²) < 4.78 is 24.6. The highest BCUT2D eigenvalue weighted by atomic mass is 16.6. The van der Waals surface area contributed by atoms with Gasteiger partial charge in [-0.05, 0) is 74.0 Å². The van der Waals surface area contributed by atoms with Crippen molar-refractivity contribution < 1.29 is 38.1 Å². The van der Waals surface area contributed by atoms with Crippen molar-refractivity contribution in [3.63, 3.8) is 0 Å². The van der Waals surface area contributed by atoms with Crippen molar-refractivity contribution in [2.24, 2.45) is 29.1 Å². The molecule has 3 fully saturated rings. The van der Waals surface area contributed by atoms with E-state index in [1.54, 1.807) is 13.0 Å². The Morgan fingerprint density at radius 1 is 1.02 bits per heavy atom. The van der Waals surface area contributed by atoms with Crippen LogP contribution in [0.3, 0.4) is 0 Å². The first kappa shape index (κ1) is 33.1. The molecule has 1 aromatic carbocycles.